The highest BCUT2D eigenvalue weighted by molar-refractivity contribution is 5.43. The molecule has 0 saturated heterocycles. The number of aromatic nitrogens is 2. The van der Waals surface area contributed by atoms with Crippen LogP contribution >= 0.6 is 0 Å². The second kappa shape index (κ2) is 2.08. The number of rotatable bonds is 0. The third-order valence-electron chi connectivity index (χ3n) is 2.30. The maximum atomic E-state index is 4.31. The Morgan fingerprint density at radius 2 is 2.17 bits per heavy atom. The lowest BCUT2D eigenvalue weighted by molar-refractivity contribution is 0.613. The molecule has 12 heavy (non-hydrogen) atoms. The SMILES string of the molecule is c1cc2n3c(cnc3c1)CNC2. The molecule has 1 aliphatic rings. The molecule has 2 aromatic rings. The number of hydrogen-bond acceptors (Lipinski definition) is 2. The van der Waals surface area contributed by atoms with Crippen molar-refractivity contribution in [1.82, 2.24) is 14.7 Å². The molecule has 0 radical (unpaired) electrons. The van der Waals surface area contributed by atoms with Crippen molar-refractivity contribution in [2.45, 2.75) is 13.1 Å². The second-order valence-electron chi connectivity index (χ2n) is 3.06. The van der Waals surface area contributed by atoms with Crippen LogP contribution in [0.3, 0.4) is 0 Å². The molecular weight excluding hydrogens is 150 g/mol. The van der Waals surface area contributed by atoms with Crippen LogP contribution in [0.4, 0.5) is 0 Å². The van der Waals surface area contributed by atoms with Crippen LogP contribution in [-0.2, 0) is 13.1 Å². The molecule has 0 fully saturated rings. The molecule has 0 spiro atoms. The number of nitrogens with one attached hydrogen (secondary N) is 1. The average molecular weight is 159 g/mol. The van der Waals surface area contributed by atoms with E-state index in [2.05, 4.69) is 26.8 Å². The van der Waals surface area contributed by atoms with E-state index in [9.17, 15) is 0 Å². The Labute approximate surface area is 70.0 Å². The third-order valence-corrected chi connectivity index (χ3v) is 2.30. The lowest BCUT2D eigenvalue weighted by Gasteiger charge is -2.14. The van der Waals surface area contributed by atoms with Gasteiger partial charge in [-0.1, -0.05) is 6.07 Å². The van der Waals surface area contributed by atoms with Crippen LogP contribution in [0.15, 0.2) is 24.4 Å². The molecule has 3 nitrogen and oxygen atoms in total. The van der Waals surface area contributed by atoms with Crippen LogP contribution in [-0.4, -0.2) is 9.38 Å². The van der Waals surface area contributed by atoms with Crippen molar-refractivity contribution in [3.05, 3.63) is 35.8 Å². The fourth-order valence-corrected chi connectivity index (χ4v) is 1.75. The van der Waals surface area contributed by atoms with Gasteiger partial charge in [-0.05, 0) is 12.1 Å². The van der Waals surface area contributed by atoms with E-state index in [1.807, 2.05) is 12.3 Å². The van der Waals surface area contributed by atoms with Gasteiger partial charge in [0.2, 0.25) is 0 Å². The molecule has 0 atom stereocenters. The van der Waals surface area contributed by atoms with E-state index in [0.29, 0.717) is 0 Å². The predicted molar refractivity (Wildman–Crippen MR) is 45.7 cm³/mol. The summed E-state index contributed by atoms with van der Waals surface area (Å²) in [5.74, 6) is 0. The van der Waals surface area contributed by atoms with Crippen molar-refractivity contribution in [2.24, 2.45) is 0 Å². The Morgan fingerprint density at radius 3 is 3.17 bits per heavy atom. The minimum atomic E-state index is 0.929. The molecule has 2 aromatic heterocycles. The Hall–Kier alpha value is -1.35. The minimum absolute atomic E-state index is 0.929. The first kappa shape index (κ1) is 6.20. The monoisotopic (exact) mass is 159 g/mol. The van der Waals surface area contributed by atoms with Crippen LogP contribution in [0.2, 0.25) is 0 Å². The van der Waals surface area contributed by atoms with Crippen molar-refractivity contribution >= 4 is 5.65 Å². The van der Waals surface area contributed by atoms with Crippen LogP contribution in [0, 0.1) is 0 Å². The molecule has 0 amide bonds. The van der Waals surface area contributed by atoms with Gasteiger partial charge in [-0.3, -0.25) is 4.40 Å². The first-order valence-corrected chi connectivity index (χ1v) is 4.10. The summed E-state index contributed by atoms with van der Waals surface area (Å²) >= 11 is 0. The molecule has 0 bridgehead atoms. The first-order chi connectivity index (χ1) is 5.95. The highest BCUT2D eigenvalue weighted by Gasteiger charge is 2.10. The predicted octanol–water partition coefficient (Wildman–Crippen LogP) is 0.938. The Kier molecular flexibility index (Phi) is 1.07. The normalized spacial score (nSPS) is 15.3. The summed E-state index contributed by atoms with van der Waals surface area (Å²) in [4.78, 5) is 4.31. The summed E-state index contributed by atoms with van der Waals surface area (Å²) < 4.78 is 2.22. The number of pyridine rings is 1. The molecule has 0 aliphatic carbocycles. The molecular formula is C9H9N3. The Balaban J connectivity index is 2.50. The van der Waals surface area contributed by atoms with Gasteiger partial charge in [0.25, 0.3) is 0 Å². The van der Waals surface area contributed by atoms with Gasteiger partial charge < -0.3 is 5.32 Å². The van der Waals surface area contributed by atoms with Crippen LogP contribution < -0.4 is 5.32 Å². The van der Waals surface area contributed by atoms with E-state index in [4.69, 9.17) is 0 Å². The standard InChI is InChI=1S/C9H9N3/c1-2-7-4-10-5-8-6-11-9(3-1)12(7)8/h1-3,6,10H,4-5H2. The minimum Gasteiger partial charge on any atom is -0.306 e. The van der Waals surface area contributed by atoms with Crippen LogP contribution in [0.1, 0.15) is 11.4 Å². The van der Waals surface area contributed by atoms with Gasteiger partial charge in [-0.15, -0.1) is 0 Å². The maximum absolute atomic E-state index is 4.31. The van der Waals surface area contributed by atoms with E-state index >= 15 is 0 Å². The van der Waals surface area contributed by atoms with Gasteiger partial charge >= 0.3 is 0 Å². The molecule has 0 unspecified atom stereocenters. The molecule has 3 heteroatoms. The molecule has 1 N–H and O–H groups in total. The summed E-state index contributed by atoms with van der Waals surface area (Å²) in [6.45, 7) is 1.87. The smallest absolute Gasteiger partial charge is 0.137 e. The highest BCUT2D eigenvalue weighted by atomic mass is 15.1. The van der Waals surface area contributed by atoms with E-state index in [1.54, 1.807) is 0 Å². The van der Waals surface area contributed by atoms with Gasteiger partial charge in [0.05, 0.1) is 11.9 Å². The first-order valence-electron chi connectivity index (χ1n) is 4.10. The van der Waals surface area contributed by atoms with Gasteiger partial charge in [0, 0.05) is 18.8 Å². The lowest BCUT2D eigenvalue weighted by atomic mass is 10.3. The van der Waals surface area contributed by atoms with Crippen LogP contribution in [0.25, 0.3) is 5.65 Å². The lowest BCUT2D eigenvalue weighted by Crippen LogP contribution is -2.22. The highest BCUT2D eigenvalue weighted by Crippen LogP contribution is 2.13. The van der Waals surface area contributed by atoms with Gasteiger partial charge in [0.15, 0.2) is 0 Å². The second-order valence-corrected chi connectivity index (χ2v) is 3.06. The zero-order chi connectivity index (χ0) is 7.97. The average Bonchev–Trinajstić information content (AvgIpc) is 2.52. The molecule has 0 aromatic carbocycles. The quantitative estimate of drug-likeness (QED) is 0.619. The summed E-state index contributed by atoms with van der Waals surface area (Å²) in [5, 5.41) is 3.33. The summed E-state index contributed by atoms with van der Waals surface area (Å²) in [5.41, 5.74) is 3.61. The summed E-state index contributed by atoms with van der Waals surface area (Å²) in [7, 11) is 0. The molecule has 3 rings (SSSR count). The fraction of sp³-hybridized carbons (Fsp3) is 0.222. The maximum Gasteiger partial charge on any atom is 0.137 e. The van der Waals surface area contributed by atoms with Crippen molar-refractivity contribution in [2.75, 3.05) is 0 Å². The molecule has 0 saturated carbocycles. The Bertz CT molecular complexity index is 430. The van der Waals surface area contributed by atoms with Crippen molar-refractivity contribution in [3.63, 3.8) is 0 Å². The molecule has 1 aliphatic heterocycles. The summed E-state index contributed by atoms with van der Waals surface area (Å²) in [6.07, 6.45) is 1.94. The zero-order valence-electron chi connectivity index (χ0n) is 6.62. The fourth-order valence-electron chi connectivity index (χ4n) is 1.75. The third kappa shape index (κ3) is 0.662. The van der Waals surface area contributed by atoms with E-state index in [-0.39, 0.29) is 0 Å². The van der Waals surface area contributed by atoms with E-state index in [0.717, 1.165) is 18.7 Å². The molecule has 60 valence electrons. The largest absolute Gasteiger partial charge is 0.306 e. The molecule has 3 heterocycles. The van der Waals surface area contributed by atoms with Crippen molar-refractivity contribution in [3.8, 4) is 0 Å². The van der Waals surface area contributed by atoms with Gasteiger partial charge in [0.1, 0.15) is 5.65 Å². The van der Waals surface area contributed by atoms with Crippen LogP contribution in [0.5, 0.6) is 0 Å². The van der Waals surface area contributed by atoms with E-state index < -0.39 is 0 Å². The van der Waals surface area contributed by atoms with Crippen molar-refractivity contribution in [1.29, 1.82) is 0 Å². The number of hydrogen-bond donors (Lipinski definition) is 1. The van der Waals surface area contributed by atoms with E-state index in [1.165, 1.54) is 11.4 Å². The Morgan fingerprint density at radius 1 is 1.25 bits per heavy atom. The summed E-state index contributed by atoms with van der Waals surface area (Å²) in [6, 6.07) is 6.22. The number of nitrogens with zero attached hydrogens (tertiary/aromatic N) is 2. The van der Waals surface area contributed by atoms with Gasteiger partial charge in [-0.25, -0.2) is 4.98 Å². The zero-order valence-corrected chi connectivity index (χ0v) is 6.62. The topological polar surface area (TPSA) is 29.3 Å². The number of imidazole rings is 1. The van der Waals surface area contributed by atoms with Gasteiger partial charge in [-0.2, -0.15) is 0 Å². The van der Waals surface area contributed by atoms with Crippen molar-refractivity contribution < 1.29 is 0 Å².